The summed E-state index contributed by atoms with van der Waals surface area (Å²) in [5, 5.41) is 24.7. The number of carbonyl (C=O) groups is 1. The Morgan fingerprint density at radius 3 is 3.05 bits per heavy atom. The molecule has 1 aliphatic rings. The van der Waals surface area contributed by atoms with Crippen molar-refractivity contribution < 1.29 is 19.7 Å². The smallest absolute Gasteiger partial charge is 0.237 e. The van der Waals surface area contributed by atoms with Crippen molar-refractivity contribution in [3.05, 3.63) is 29.8 Å². The molecule has 6 heteroatoms. The summed E-state index contributed by atoms with van der Waals surface area (Å²) >= 11 is 0. The van der Waals surface area contributed by atoms with Gasteiger partial charge in [-0.25, -0.2) is 0 Å². The number of aryl methyl sites for hydroxylation is 1. The molecule has 1 heterocycles. The van der Waals surface area contributed by atoms with Crippen molar-refractivity contribution in [1.29, 1.82) is 0 Å². The lowest BCUT2D eigenvalue weighted by molar-refractivity contribution is -0.123. The molecule has 0 saturated carbocycles. The summed E-state index contributed by atoms with van der Waals surface area (Å²) in [4.78, 5) is 11.8. The van der Waals surface area contributed by atoms with E-state index in [1.54, 1.807) is 0 Å². The molecule has 2 rings (SSSR count). The first-order valence-electron chi connectivity index (χ1n) is 7.11. The van der Waals surface area contributed by atoms with E-state index in [0.29, 0.717) is 18.7 Å². The molecule has 116 valence electrons. The molecule has 1 aromatic carbocycles. The molecule has 1 amide bonds. The van der Waals surface area contributed by atoms with Crippen molar-refractivity contribution in [2.24, 2.45) is 0 Å². The fourth-order valence-electron chi connectivity index (χ4n) is 2.21. The molecule has 1 aliphatic heterocycles. The van der Waals surface area contributed by atoms with Gasteiger partial charge in [0.25, 0.3) is 0 Å². The lowest BCUT2D eigenvalue weighted by atomic mass is 10.2. The number of hydrogen-bond donors (Lipinski definition) is 4. The number of nitrogens with one attached hydrogen (secondary N) is 2. The van der Waals surface area contributed by atoms with Gasteiger partial charge < -0.3 is 25.6 Å². The standard InChI is InChI=1S/C15H22N2O4/c1-10-3-2-4-13(5-10)21-9-12(19)8-17-15(20)14-6-11(18)7-16-14/h2-5,11-12,14,16,18-19H,6-9H2,1H3,(H,17,20)/t11-,12+,14-/m0/s1. The second-order valence-corrected chi connectivity index (χ2v) is 5.38. The quantitative estimate of drug-likeness (QED) is 0.572. The number of aliphatic hydroxyl groups excluding tert-OH is 2. The molecule has 21 heavy (non-hydrogen) atoms. The molecule has 6 nitrogen and oxygen atoms in total. The number of ether oxygens (including phenoxy) is 1. The second-order valence-electron chi connectivity index (χ2n) is 5.38. The number of amides is 1. The molecule has 0 aliphatic carbocycles. The van der Waals surface area contributed by atoms with Gasteiger partial charge >= 0.3 is 0 Å². The van der Waals surface area contributed by atoms with Crippen LogP contribution >= 0.6 is 0 Å². The molecule has 4 N–H and O–H groups in total. The Hall–Kier alpha value is -1.63. The Morgan fingerprint density at radius 2 is 2.38 bits per heavy atom. The van der Waals surface area contributed by atoms with Gasteiger partial charge in [-0.05, 0) is 31.0 Å². The molecule has 1 fully saturated rings. The first-order valence-corrected chi connectivity index (χ1v) is 7.11. The maximum atomic E-state index is 11.8. The van der Waals surface area contributed by atoms with Crippen LogP contribution in [0, 0.1) is 6.92 Å². The average Bonchev–Trinajstić information content (AvgIpc) is 2.89. The third kappa shape index (κ3) is 5.00. The Balaban J connectivity index is 1.67. The van der Waals surface area contributed by atoms with E-state index in [1.807, 2.05) is 31.2 Å². The Labute approximate surface area is 124 Å². The summed E-state index contributed by atoms with van der Waals surface area (Å²) in [5.74, 6) is 0.488. The number of benzene rings is 1. The van der Waals surface area contributed by atoms with Crippen molar-refractivity contribution in [1.82, 2.24) is 10.6 Å². The maximum absolute atomic E-state index is 11.8. The molecule has 0 bridgehead atoms. The number of β-amino-alcohol motifs (C(OH)–C–C–N with tert-alkyl or cyclic N) is 1. The fourth-order valence-corrected chi connectivity index (χ4v) is 2.21. The summed E-state index contributed by atoms with van der Waals surface area (Å²) in [6, 6.07) is 7.17. The van der Waals surface area contributed by atoms with Crippen molar-refractivity contribution in [3.63, 3.8) is 0 Å². The van der Waals surface area contributed by atoms with Gasteiger partial charge in [-0.2, -0.15) is 0 Å². The van der Waals surface area contributed by atoms with Gasteiger partial charge in [-0.1, -0.05) is 12.1 Å². The highest BCUT2D eigenvalue weighted by Gasteiger charge is 2.27. The van der Waals surface area contributed by atoms with E-state index in [-0.39, 0.29) is 25.1 Å². The first kappa shape index (κ1) is 15.8. The Morgan fingerprint density at radius 1 is 1.57 bits per heavy atom. The highest BCUT2D eigenvalue weighted by Crippen LogP contribution is 2.12. The van der Waals surface area contributed by atoms with Gasteiger partial charge in [0, 0.05) is 13.1 Å². The van der Waals surface area contributed by atoms with Gasteiger partial charge in [-0.3, -0.25) is 4.79 Å². The molecular weight excluding hydrogens is 272 g/mol. The van der Waals surface area contributed by atoms with Crippen molar-refractivity contribution in [2.75, 3.05) is 19.7 Å². The van der Waals surface area contributed by atoms with Crippen LogP contribution in [0.25, 0.3) is 0 Å². The maximum Gasteiger partial charge on any atom is 0.237 e. The molecule has 0 aromatic heterocycles. The SMILES string of the molecule is Cc1cccc(OC[C@H](O)CNC(=O)[C@@H]2C[C@H](O)CN2)c1. The summed E-state index contributed by atoms with van der Waals surface area (Å²) in [6.07, 6.45) is -0.849. The van der Waals surface area contributed by atoms with E-state index in [4.69, 9.17) is 4.74 Å². The second kappa shape index (κ2) is 7.40. The van der Waals surface area contributed by atoms with Crippen LogP contribution in [0.15, 0.2) is 24.3 Å². The van der Waals surface area contributed by atoms with Crippen LogP contribution in [-0.4, -0.2) is 54.1 Å². The highest BCUT2D eigenvalue weighted by atomic mass is 16.5. The molecule has 0 radical (unpaired) electrons. The van der Waals surface area contributed by atoms with Gasteiger partial charge in [-0.15, -0.1) is 0 Å². The van der Waals surface area contributed by atoms with Crippen LogP contribution in [0.3, 0.4) is 0 Å². The van der Waals surface area contributed by atoms with Crippen LogP contribution < -0.4 is 15.4 Å². The number of hydrogen-bond acceptors (Lipinski definition) is 5. The number of rotatable bonds is 6. The monoisotopic (exact) mass is 294 g/mol. The molecule has 3 atom stereocenters. The number of aliphatic hydroxyl groups is 2. The Kier molecular flexibility index (Phi) is 5.55. The van der Waals surface area contributed by atoms with E-state index in [9.17, 15) is 15.0 Å². The summed E-state index contributed by atoms with van der Waals surface area (Å²) < 4.78 is 5.47. The van der Waals surface area contributed by atoms with E-state index in [0.717, 1.165) is 5.56 Å². The molecule has 0 unspecified atom stereocenters. The van der Waals surface area contributed by atoms with Gasteiger partial charge in [0.15, 0.2) is 0 Å². The topological polar surface area (TPSA) is 90.8 Å². The highest BCUT2D eigenvalue weighted by molar-refractivity contribution is 5.82. The van der Waals surface area contributed by atoms with Gasteiger partial charge in [0.05, 0.1) is 12.1 Å². The summed E-state index contributed by atoms with van der Waals surface area (Å²) in [7, 11) is 0. The lowest BCUT2D eigenvalue weighted by Crippen LogP contribution is -2.44. The van der Waals surface area contributed by atoms with E-state index in [1.165, 1.54) is 0 Å². The largest absolute Gasteiger partial charge is 0.491 e. The first-order chi connectivity index (χ1) is 10.0. The lowest BCUT2D eigenvalue weighted by Gasteiger charge is -2.15. The summed E-state index contributed by atoms with van der Waals surface area (Å²) in [6.45, 7) is 2.63. The summed E-state index contributed by atoms with van der Waals surface area (Å²) in [5.41, 5.74) is 1.08. The predicted octanol–water partition coefficient (Wildman–Crippen LogP) is -0.426. The molecule has 0 spiro atoms. The van der Waals surface area contributed by atoms with Crippen molar-refractivity contribution in [3.8, 4) is 5.75 Å². The van der Waals surface area contributed by atoms with Crippen molar-refractivity contribution >= 4 is 5.91 Å². The van der Waals surface area contributed by atoms with E-state index < -0.39 is 12.2 Å². The van der Waals surface area contributed by atoms with Crippen LogP contribution in [0.1, 0.15) is 12.0 Å². The number of carbonyl (C=O) groups excluding carboxylic acids is 1. The zero-order valence-corrected chi connectivity index (χ0v) is 12.1. The third-order valence-electron chi connectivity index (χ3n) is 3.37. The van der Waals surface area contributed by atoms with Crippen LogP contribution in [-0.2, 0) is 4.79 Å². The van der Waals surface area contributed by atoms with Crippen molar-refractivity contribution in [2.45, 2.75) is 31.6 Å². The molecule has 1 saturated heterocycles. The zero-order valence-electron chi connectivity index (χ0n) is 12.1. The van der Waals surface area contributed by atoms with Crippen LogP contribution in [0.5, 0.6) is 5.75 Å². The normalized spacial score (nSPS) is 22.8. The minimum Gasteiger partial charge on any atom is -0.491 e. The van der Waals surface area contributed by atoms with Gasteiger partial charge in [0.1, 0.15) is 18.5 Å². The minimum absolute atomic E-state index is 0.116. The van der Waals surface area contributed by atoms with Crippen LogP contribution in [0.2, 0.25) is 0 Å². The molecule has 1 aromatic rings. The van der Waals surface area contributed by atoms with Crippen LogP contribution in [0.4, 0.5) is 0 Å². The van der Waals surface area contributed by atoms with E-state index in [2.05, 4.69) is 10.6 Å². The third-order valence-corrected chi connectivity index (χ3v) is 3.37. The zero-order chi connectivity index (χ0) is 15.2. The van der Waals surface area contributed by atoms with E-state index >= 15 is 0 Å². The Bertz CT molecular complexity index is 480. The molecular formula is C15H22N2O4. The average molecular weight is 294 g/mol. The predicted molar refractivity (Wildman–Crippen MR) is 78.1 cm³/mol. The minimum atomic E-state index is -0.777. The fraction of sp³-hybridized carbons (Fsp3) is 0.533. The van der Waals surface area contributed by atoms with Gasteiger partial charge in [0.2, 0.25) is 5.91 Å².